The Hall–Kier alpha value is -3.61. The number of hydrogen-bond donors (Lipinski definition) is 2. The van der Waals surface area contributed by atoms with Crippen LogP contribution in [0.5, 0.6) is 0 Å². The quantitative estimate of drug-likeness (QED) is 0.562. The number of aromatic nitrogens is 4. The van der Waals surface area contributed by atoms with E-state index in [4.69, 9.17) is 0 Å². The number of imidazole rings is 1. The number of rotatable bonds is 5. The van der Waals surface area contributed by atoms with Gasteiger partial charge in [0.25, 0.3) is 0 Å². The van der Waals surface area contributed by atoms with Gasteiger partial charge in [-0.25, -0.2) is 4.79 Å². The Balaban J connectivity index is 1.53. The molecule has 2 N–H and O–H groups in total. The fraction of sp³-hybridized carbons (Fsp3) is 0.190. The van der Waals surface area contributed by atoms with Gasteiger partial charge < -0.3 is 10.3 Å². The number of aromatic amines is 1. The number of nitrogens with zero attached hydrogens (tertiary/aromatic N) is 3. The van der Waals surface area contributed by atoms with E-state index in [-0.39, 0.29) is 24.2 Å². The first kappa shape index (κ1) is 17.8. The van der Waals surface area contributed by atoms with Crippen LogP contribution in [0.3, 0.4) is 0 Å². The summed E-state index contributed by atoms with van der Waals surface area (Å²) in [6.45, 7) is 3.87. The standard InChI is InChI=1S/C21H21N5O2/c1-14-12-26(15(2)16-8-4-3-5-9-16)24-20(14)23-19(27)13-25-18-11-7-6-10-17(18)22-21(25)28/h3-12,15H,13H2,1-2H3,(H,22,28)(H,23,24,27)/t15-/m1/s1. The van der Waals surface area contributed by atoms with Crippen molar-refractivity contribution >= 4 is 22.8 Å². The van der Waals surface area contributed by atoms with E-state index in [0.717, 1.165) is 11.1 Å². The van der Waals surface area contributed by atoms with Crippen molar-refractivity contribution in [2.24, 2.45) is 0 Å². The molecular weight excluding hydrogens is 354 g/mol. The minimum absolute atomic E-state index is 0.0433. The smallest absolute Gasteiger partial charge is 0.307 e. The van der Waals surface area contributed by atoms with Gasteiger partial charge in [0.15, 0.2) is 5.82 Å². The molecule has 0 fully saturated rings. The molecule has 7 heteroatoms. The van der Waals surface area contributed by atoms with Gasteiger partial charge in [0.2, 0.25) is 5.91 Å². The zero-order valence-corrected chi connectivity index (χ0v) is 15.7. The average Bonchev–Trinajstić information content (AvgIpc) is 3.22. The number of aryl methyl sites for hydroxylation is 1. The lowest BCUT2D eigenvalue weighted by Gasteiger charge is -2.12. The minimum Gasteiger partial charge on any atom is -0.307 e. The maximum Gasteiger partial charge on any atom is 0.326 e. The third kappa shape index (κ3) is 3.34. The second-order valence-corrected chi connectivity index (χ2v) is 6.81. The Morgan fingerprint density at radius 3 is 2.64 bits per heavy atom. The molecule has 0 saturated heterocycles. The highest BCUT2D eigenvalue weighted by atomic mass is 16.2. The van der Waals surface area contributed by atoms with Crippen LogP contribution in [-0.2, 0) is 11.3 Å². The normalized spacial score (nSPS) is 12.2. The number of carbonyl (C=O) groups excluding carboxylic acids is 1. The van der Waals surface area contributed by atoms with E-state index in [9.17, 15) is 9.59 Å². The minimum atomic E-state index is -0.309. The van der Waals surface area contributed by atoms with Crippen LogP contribution in [0.4, 0.5) is 5.82 Å². The van der Waals surface area contributed by atoms with Gasteiger partial charge in [-0.15, -0.1) is 0 Å². The topological polar surface area (TPSA) is 84.7 Å². The van der Waals surface area contributed by atoms with Crippen LogP contribution in [0.1, 0.15) is 24.1 Å². The van der Waals surface area contributed by atoms with Crippen molar-refractivity contribution in [2.45, 2.75) is 26.4 Å². The Labute approximate surface area is 161 Å². The van der Waals surface area contributed by atoms with Crippen LogP contribution in [0, 0.1) is 6.92 Å². The first-order valence-corrected chi connectivity index (χ1v) is 9.11. The molecule has 1 amide bonds. The maximum atomic E-state index is 12.5. The third-order valence-corrected chi connectivity index (χ3v) is 4.83. The summed E-state index contributed by atoms with van der Waals surface area (Å²) in [5, 5.41) is 7.35. The highest BCUT2D eigenvalue weighted by Gasteiger charge is 2.15. The fourth-order valence-electron chi connectivity index (χ4n) is 3.27. The number of amides is 1. The second-order valence-electron chi connectivity index (χ2n) is 6.81. The lowest BCUT2D eigenvalue weighted by Crippen LogP contribution is -2.26. The second kappa shape index (κ2) is 7.19. The van der Waals surface area contributed by atoms with E-state index in [2.05, 4.69) is 22.3 Å². The van der Waals surface area contributed by atoms with E-state index in [0.29, 0.717) is 16.9 Å². The summed E-state index contributed by atoms with van der Waals surface area (Å²) in [5.74, 6) is 0.202. The van der Waals surface area contributed by atoms with Gasteiger partial charge in [0, 0.05) is 11.8 Å². The zero-order chi connectivity index (χ0) is 19.7. The number of fused-ring (bicyclic) bond motifs is 1. The van der Waals surface area contributed by atoms with Crippen molar-refractivity contribution in [3.05, 3.63) is 82.4 Å². The molecule has 4 aromatic rings. The summed E-state index contributed by atoms with van der Waals surface area (Å²) in [5.41, 5.74) is 3.09. The van der Waals surface area contributed by atoms with Crippen molar-refractivity contribution in [3.8, 4) is 0 Å². The molecule has 0 aliphatic carbocycles. The highest BCUT2D eigenvalue weighted by molar-refractivity contribution is 5.91. The molecule has 0 aliphatic heterocycles. The molecule has 28 heavy (non-hydrogen) atoms. The van der Waals surface area contributed by atoms with Crippen LogP contribution >= 0.6 is 0 Å². The summed E-state index contributed by atoms with van der Waals surface area (Å²) in [4.78, 5) is 27.4. The molecule has 2 aromatic carbocycles. The van der Waals surface area contributed by atoms with Crippen LogP contribution in [0.2, 0.25) is 0 Å². The van der Waals surface area contributed by atoms with Crippen LogP contribution in [0.15, 0.2) is 65.6 Å². The Bertz CT molecular complexity index is 1190. The average molecular weight is 375 g/mol. The van der Waals surface area contributed by atoms with E-state index >= 15 is 0 Å². The largest absolute Gasteiger partial charge is 0.326 e. The summed E-state index contributed by atoms with van der Waals surface area (Å²) in [6.07, 6.45) is 1.91. The van der Waals surface area contributed by atoms with Crippen LogP contribution in [0.25, 0.3) is 11.0 Å². The number of H-pyrrole nitrogens is 1. The summed E-state index contributed by atoms with van der Waals surface area (Å²) >= 11 is 0. The number of benzene rings is 2. The van der Waals surface area contributed by atoms with Crippen molar-refractivity contribution in [1.29, 1.82) is 0 Å². The molecule has 1 atom stereocenters. The van der Waals surface area contributed by atoms with E-state index in [1.807, 2.05) is 72.4 Å². The van der Waals surface area contributed by atoms with Gasteiger partial charge in [-0.2, -0.15) is 5.10 Å². The zero-order valence-electron chi connectivity index (χ0n) is 15.7. The van der Waals surface area contributed by atoms with Crippen molar-refractivity contribution in [3.63, 3.8) is 0 Å². The molecule has 2 aromatic heterocycles. The predicted octanol–water partition coefficient (Wildman–Crippen LogP) is 3.08. The number of nitrogens with one attached hydrogen (secondary N) is 2. The maximum absolute atomic E-state index is 12.5. The molecule has 0 aliphatic rings. The lowest BCUT2D eigenvalue weighted by atomic mass is 10.1. The summed E-state index contributed by atoms with van der Waals surface area (Å²) in [6, 6.07) is 17.4. The van der Waals surface area contributed by atoms with Gasteiger partial charge in [-0.3, -0.25) is 14.0 Å². The number of hydrogen-bond acceptors (Lipinski definition) is 3. The van der Waals surface area contributed by atoms with Gasteiger partial charge in [-0.05, 0) is 31.5 Å². The first-order chi connectivity index (χ1) is 13.5. The van der Waals surface area contributed by atoms with Gasteiger partial charge in [-0.1, -0.05) is 42.5 Å². The van der Waals surface area contributed by atoms with Gasteiger partial charge in [0.05, 0.1) is 17.1 Å². The van der Waals surface area contributed by atoms with Crippen LogP contribution in [-0.4, -0.2) is 25.2 Å². The Morgan fingerprint density at radius 2 is 1.86 bits per heavy atom. The highest BCUT2D eigenvalue weighted by Crippen LogP contribution is 2.21. The molecule has 142 valence electrons. The number of para-hydroxylation sites is 2. The third-order valence-electron chi connectivity index (χ3n) is 4.83. The molecule has 0 bridgehead atoms. The molecular formula is C21H21N5O2. The summed E-state index contributed by atoms with van der Waals surface area (Å²) < 4.78 is 3.25. The summed E-state index contributed by atoms with van der Waals surface area (Å²) in [7, 11) is 0. The molecule has 0 spiro atoms. The predicted molar refractivity (Wildman–Crippen MR) is 108 cm³/mol. The monoisotopic (exact) mass is 375 g/mol. The molecule has 0 saturated carbocycles. The molecule has 2 heterocycles. The lowest BCUT2D eigenvalue weighted by molar-refractivity contribution is -0.116. The Morgan fingerprint density at radius 1 is 1.14 bits per heavy atom. The van der Waals surface area contributed by atoms with E-state index < -0.39 is 0 Å². The van der Waals surface area contributed by atoms with E-state index in [1.165, 1.54) is 4.57 Å². The molecule has 4 rings (SSSR count). The molecule has 0 unspecified atom stereocenters. The number of anilines is 1. The van der Waals surface area contributed by atoms with Crippen LogP contribution < -0.4 is 11.0 Å². The van der Waals surface area contributed by atoms with Crippen molar-refractivity contribution in [2.75, 3.05) is 5.32 Å². The first-order valence-electron chi connectivity index (χ1n) is 9.11. The molecule has 0 radical (unpaired) electrons. The van der Waals surface area contributed by atoms with E-state index in [1.54, 1.807) is 0 Å². The fourth-order valence-corrected chi connectivity index (χ4v) is 3.27. The van der Waals surface area contributed by atoms with Crippen molar-refractivity contribution in [1.82, 2.24) is 19.3 Å². The van der Waals surface area contributed by atoms with Crippen molar-refractivity contribution < 1.29 is 4.79 Å². The number of carbonyl (C=O) groups is 1. The Kier molecular flexibility index (Phi) is 4.57. The SMILES string of the molecule is Cc1cn([C@H](C)c2ccccc2)nc1NC(=O)Cn1c(=O)[nH]c2ccccc21. The van der Waals surface area contributed by atoms with Gasteiger partial charge >= 0.3 is 5.69 Å². The molecule has 7 nitrogen and oxygen atoms in total. The van der Waals surface area contributed by atoms with Gasteiger partial charge in [0.1, 0.15) is 6.54 Å².